The number of amides is 4. The van der Waals surface area contributed by atoms with Crippen LogP contribution in [0.4, 0.5) is 9.59 Å². The van der Waals surface area contributed by atoms with Crippen molar-refractivity contribution in [1.29, 1.82) is 0 Å². The highest BCUT2D eigenvalue weighted by atomic mass is 35.5. The molecule has 3 rings (SSSR count). The summed E-state index contributed by atoms with van der Waals surface area (Å²) in [5.41, 5.74) is 1.47. The van der Waals surface area contributed by atoms with E-state index < -0.39 is 18.2 Å². The number of hydrogen-bond donors (Lipinski definition) is 2. The molecule has 0 saturated carbocycles. The van der Waals surface area contributed by atoms with Gasteiger partial charge in [0.1, 0.15) is 13.2 Å². The molecule has 0 aromatic heterocycles. The molecule has 2 aromatic rings. The van der Waals surface area contributed by atoms with Gasteiger partial charge in [-0.25, -0.2) is 9.59 Å². The second-order valence-corrected chi connectivity index (χ2v) is 10.1. The smallest absolute Gasteiger partial charge is 0.407 e. The second-order valence-electron chi connectivity index (χ2n) is 9.71. The standard InChI is InChI=1S/C30H39ClN4O6/c1-3-5-14-32-29(38)40-18-16-34(17-19-41-30(39)33-15-6-4-2)26(22-10-9-11-23(31)20-22)21-35-27(36)24-12-7-8-13-25(24)28(35)37/h7-13,20,26H,3-6,14-19,21H2,1-2H3,(H,32,38)(H,33,39). The van der Waals surface area contributed by atoms with Crippen molar-refractivity contribution >= 4 is 35.6 Å². The first-order chi connectivity index (χ1) is 19.8. The molecule has 2 aromatic carbocycles. The molecular formula is C30H39ClN4O6. The van der Waals surface area contributed by atoms with Crippen LogP contribution in [-0.2, 0) is 9.47 Å². The van der Waals surface area contributed by atoms with Crippen LogP contribution >= 0.6 is 11.6 Å². The van der Waals surface area contributed by atoms with Crippen LogP contribution in [0.3, 0.4) is 0 Å². The fourth-order valence-electron chi connectivity index (χ4n) is 4.49. The lowest BCUT2D eigenvalue weighted by atomic mass is 10.0. The fraction of sp³-hybridized carbons (Fsp3) is 0.467. The number of halogens is 1. The summed E-state index contributed by atoms with van der Waals surface area (Å²) in [4.78, 5) is 53.9. The number of ether oxygens (including phenoxy) is 2. The average Bonchev–Trinajstić information content (AvgIpc) is 3.20. The Morgan fingerprint density at radius 2 is 1.39 bits per heavy atom. The van der Waals surface area contributed by atoms with Gasteiger partial charge in [0, 0.05) is 37.7 Å². The van der Waals surface area contributed by atoms with E-state index in [1.165, 1.54) is 4.90 Å². The number of unbranched alkanes of at least 4 members (excludes halogenated alkanes) is 2. The minimum Gasteiger partial charge on any atom is -0.448 e. The zero-order valence-electron chi connectivity index (χ0n) is 23.7. The van der Waals surface area contributed by atoms with Gasteiger partial charge in [0.2, 0.25) is 0 Å². The molecule has 1 unspecified atom stereocenters. The summed E-state index contributed by atoms with van der Waals surface area (Å²) in [5, 5.41) is 5.93. The van der Waals surface area contributed by atoms with Gasteiger partial charge in [0.15, 0.2) is 0 Å². The minimum atomic E-state index is -0.524. The molecule has 0 bridgehead atoms. The Morgan fingerprint density at radius 1 is 0.854 bits per heavy atom. The number of rotatable bonds is 16. The number of carbonyl (C=O) groups is 4. The molecule has 222 valence electrons. The van der Waals surface area contributed by atoms with Crippen molar-refractivity contribution < 1.29 is 28.7 Å². The number of hydrogen-bond acceptors (Lipinski definition) is 7. The van der Waals surface area contributed by atoms with Gasteiger partial charge in [-0.2, -0.15) is 0 Å². The Balaban J connectivity index is 1.79. The quantitative estimate of drug-likeness (QED) is 0.209. The maximum atomic E-state index is 13.2. The summed E-state index contributed by atoms with van der Waals surface area (Å²) in [6, 6.07) is 13.4. The van der Waals surface area contributed by atoms with Gasteiger partial charge in [-0.1, -0.05) is 62.6 Å². The molecule has 4 amide bonds. The summed E-state index contributed by atoms with van der Waals surface area (Å²) in [6.45, 7) is 5.71. The molecule has 1 aliphatic heterocycles. The molecule has 0 aliphatic carbocycles. The summed E-state index contributed by atoms with van der Waals surface area (Å²) in [5.74, 6) is -0.758. The zero-order chi connectivity index (χ0) is 29.6. The van der Waals surface area contributed by atoms with Crippen LogP contribution in [0.25, 0.3) is 0 Å². The summed E-state index contributed by atoms with van der Waals surface area (Å²) in [7, 11) is 0. The molecule has 1 aliphatic rings. The van der Waals surface area contributed by atoms with Crippen molar-refractivity contribution in [2.24, 2.45) is 0 Å². The second kappa shape index (κ2) is 16.6. The van der Waals surface area contributed by atoms with E-state index in [2.05, 4.69) is 10.6 Å². The molecule has 2 N–H and O–H groups in total. The van der Waals surface area contributed by atoms with Crippen LogP contribution in [-0.4, -0.2) is 79.7 Å². The molecule has 41 heavy (non-hydrogen) atoms. The molecule has 1 heterocycles. The van der Waals surface area contributed by atoms with Gasteiger partial charge in [-0.15, -0.1) is 0 Å². The number of carbonyl (C=O) groups excluding carboxylic acids is 4. The monoisotopic (exact) mass is 586 g/mol. The van der Waals surface area contributed by atoms with E-state index >= 15 is 0 Å². The van der Waals surface area contributed by atoms with Gasteiger partial charge < -0.3 is 20.1 Å². The third-order valence-corrected chi connectivity index (χ3v) is 6.97. The number of nitrogens with one attached hydrogen (secondary N) is 2. The number of benzene rings is 2. The average molecular weight is 587 g/mol. The predicted molar refractivity (Wildman–Crippen MR) is 156 cm³/mol. The van der Waals surface area contributed by atoms with E-state index in [4.69, 9.17) is 21.1 Å². The van der Waals surface area contributed by atoms with E-state index in [1.54, 1.807) is 42.5 Å². The SMILES string of the molecule is CCCCNC(=O)OCCN(CCOC(=O)NCCCC)C(CN1C(=O)c2ccccc2C1=O)c1cccc(Cl)c1. The lowest BCUT2D eigenvalue weighted by molar-refractivity contribution is 0.0530. The fourth-order valence-corrected chi connectivity index (χ4v) is 4.69. The lowest BCUT2D eigenvalue weighted by Crippen LogP contribution is -2.44. The van der Waals surface area contributed by atoms with Crippen LogP contribution < -0.4 is 10.6 Å². The van der Waals surface area contributed by atoms with Crippen molar-refractivity contribution in [2.75, 3.05) is 45.9 Å². The highest BCUT2D eigenvalue weighted by molar-refractivity contribution is 6.30. The van der Waals surface area contributed by atoms with Crippen molar-refractivity contribution in [1.82, 2.24) is 20.4 Å². The molecule has 0 saturated heterocycles. The summed E-state index contributed by atoms with van der Waals surface area (Å²) >= 11 is 6.33. The van der Waals surface area contributed by atoms with Crippen molar-refractivity contribution in [3.8, 4) is 0 Å². The molecule has 0 radical (unpaired) electrons. The first-order valence-electron chi connectivity index (χ1n) is 14.1. The number of nitrogens with zero attached hydrogens (tertiary/aromatic N) is 2. The van der Waals surface area contributed by atoms with Crippen LogP contribution in [0, 0.1) is 0 Å². The third kappa shape index (κ3) is 9.47. The minimum absolute atomic E-state index is 0.0259. The topological polar surface area (TPSA) is 117 Å². The van der Waals surface area contributed by atoms with Crippen LogP contribution in [0.1, 0.15) is 71.9 Å². The third-order valence-electron chi connectivity index (χ3n) is 6.73. The molecule has 11 heteroatoms. The normalized spacial score (nSPS) is 13.2. The predicted octanol–water partition coefficient (Wildman–Crippen LogP) is 5.03. The van der Waals surface area contributed by atoms with Crippen LogP contribution in [0.2, 0.25) is 5.02 Å². The van der Waals surface area contributed by atoms with E-state index in [0.29, 0.717) is 29.2 Å². The van der Waals surface area contributed by atoms with E-state index in [0.717, 1.165) is 31.2 Å². The Hall–Kier alpha value is -3.63. The van der Waals surface area contributed by atoms with Gasteiger partial charge in [-0.3, -0.25) is 19.4 Å². The molecule has 0 fully saturated rings. The van der Waals surface area contributed by atoms with Crippen molar-refractivity contribution in [3.63, 3.8) is 0 Å². The molecule has 0 spiro atoms. The maximum Gasteiger partial charge on any atom is 0.407 e. The summed E-state index contributed by atoms with van der Waals surface area (Å²) < 4.78 is 10.8. The molecule has 10 nitrogen and oxygen atoms in total. The first kappa shape index (κ1) is 31.9. The largest absolute Gasteiger partial charge is 0.448 e. The van der Waals surface area contributed by atoms with Crippen LogP contribution in [0.15, 0.2) is 48.5 Å². The van der Waals surface area contributed by atoms with E-state index in [9.17, 15) is 19.2 Å². The highest BCUT2D eigenvalue weighted by Gasteiger charge is 2.38. The van der Waals surface area contributed by atoms with Gasteiger partial charge in [0.05, 0.1) is 17.2 Å². The van der Waals surface area contributed by atoms with Gasteiger partial charge in [0.25, 0.3) is 11.8 Å². The first-order valence-corrected chi connectivity index (χ1v) is 14.5. The highest BCUT2D eigenvalue weighted by Crippen LogP contribution is 2.29. The number of imide groups is 1. The number of fused-ring (bicyclic) bond motifs is 1. The lowest BCUT2D eigenvalue weighted by Gasteiger charge is -2.34. The van der Waals surface area contributed by atoms with E-state index in [1.807, 2.05) is 24.8 Å². The van der Waals surface area contributed by atoms with Crippen LogP contribution in [0.5, 0.6) is 0 Å². The molecule has 1 atom stereocenters. The zero-order valence-corrected chi connectivity index (χ0v) is 24.5. The van der Waals surface area contributed by atoms with Crippen molar-refractivity contribution in [2.45, 2.75) is 45.6 Å². The summed E-state index contributed by atoms with van der Waals surface area (Å²) in [6.07, 6.45) is 2.53. The van der Waals surface area contributed by atoms with Gasteiger partial charge >= 0.3 is 12.2 Å². The Kier molecular flexibility index (Phi) is 12.9. The Labute approximate surface area is 246 Å². The maximum absolute atomic E-state index is 13.2. The Bertz CT molecular complexity index is 1130. The van der Waals surface area contributed by atoms with Gasteiger partial charge in [-0.05, 0) is 42.7 Å². The van der Waals surface area contributed by atoms with E-state index in [-0.39, 0.29) is 44.7 Å². The Morgan fingerprint density at radius 3 is 1.88 bits per heavy atom. The van der Waals surface area contributed by atoms with Crippen molar-refractivity contribution in [3.05, 3.63) is 70.2 Å². The molecular weight excluding hydrogens is 548 g/mol. The number of alkyl carbamates (subject to hydrolysis) is 2.